The van der Waals surface area contributed by atoms with Gasteiger partial charge in [-0.2, -0.15) is 0 Å². The standard InChI is InChI=1S/C8H9NO2/c1-11-7-4-2-6(3-5-7)8(9)10/h2-5H,1H3,(H2,9,10)/i9+1. The Labute approximate surface area is 64.8 Å². The van der Waals surface area contributed by atoms with Crippen molar-refractivity contribution < 1.29 is 9.53 Å². The summed E-state index contributed by atoms with van der Waals surface area (Å²) in [6.45, 7) is 0. The fourth-order valence-electron chi connectivity index (χ4n) is 0.755. The first-order valence-electron chi connectivity index (χ1n) is 3.18. The summed E-state index contributed by atoms with van der Waals surface area (Å²) in [7, 11) is 1.57. The van der Waals surface area contributed by atoms with E-state index in [0.29, 0.717) is 5.56 Å². The topological polar surface area (TPSA) is 52.3 Å². The fourth-order valence-corrected chi connectivity index (χ4v) is 0.755. The first-order valence-corrected chi connectivity index (χ1v) is 3.18. The van der Waals surface area contributed by atoms with E-state index in [1.807, 2.05) is 0 Å². The zero-order valence-corrected chi connectivity index (χ0v) is 6.20. The molecular weight excluding hydrogens is 143 g/mol. The van der Waals surface area contributed by atoms with E-state index in [1.54, 1.807) is 31.4 Å². The van der Waals surface area contributed by atoms with Crippen LogP contribution in [0, 0.1) is 0 Å². The van der Waals surface area contributed by atoms with Gasteiger partial charge in [-0.05, 0) is 24.3 Å². The normalized spacial score (nSPS) is 9.18. The lowest BCUT2D eigenvalue weighted by atomic mass is 10.2. The van der Waals surface area contributed by atoms with Crippen LogP contribution in [0.25, 0.3) is 0 Å². The van der Waals surface area contributed by atoms with Crippen LogP contribution >= 0.6 is 0 Å². The lowest BCUT2D eigenvalue weighted by Crippen LogP contribution is -2.10. The molecule has 0 bridgehead atoms. The van der Waals surface area contributed by atoms with Gasteiger partial charge in [0.15, 0.2) is 0 Å². The van der Waals surface area contributed by atoms with E-state index in [0.717, 1.165) is 5.75 Å². The molecule has 1 amide bonds. The van der Waals surface area contributed by atoms with Gasteiger partial charge in [0.2, 0.25) is 5.91 Å². The monoisotopic (exact) mass is 152 g/mol. The summed E-state index contributed by atoms with van der Waals surface area (Å²) >= 11 is 0. The van der Waals surface area contributed by atoms with Gasteiger partial charge >= 0.3 is 0 Å². The van der Waals surface area contributed by atoms with Crippen molar-refractivity contribution in [3.63, 3.8) is 0 Å². The van der Waals surface area contributed by atoms with Crippen LogP contribution in [0.15, 0.2) is 24.3 Å². The third-order valence-electron chi connectivity index (χ3n) is 1.37. The Morgan fingerprint density at radius 3 is 2.27 bits per heavy atom. The van der Waals surface area contributed by atoms with E-state index in [4.69, 9.17) is 10.5 Å². The Hall–Kier alpha value is -1.51. The highest BCUT2D eigenvalue weighted by atomic mass is 16.5. The van der Waals surface area contributed by atoms with Crippen molar-refractivity contribution in [1.82, 2.24) is 0 Å². The second-order valence-electron chi connectivity index (χ2n) is 2.09. The van der Waals surface area contributed by atoms with Gasteiger partial charge in [0, 0.05) is 5.56 Å². The summed E-state index contributed by atoms with van der Waals surface area (Å²) in [6.07, 6.45) is 0. The fraction of sp³-hybridized carbons (Fsp3) is 0.125. The van der Waals surface area contributed by atoms with Crippen LogP contribution < -0.4 is 10.5 Å². The highest BCUT2D eigenvalue weighted by Gasteiger charge is 1.98. The van der Waals surface area contributed by atoms with Gasteiger partial charge in [0.25, 0.3) is 0 Å². The highest BCUT2D eigenvalue weighted by Crippen LogP contribution is 2.10. The van der Waals surface area contributed by atoms with E-state index in [1.165, 1.54) is 0 Å². The van der Waals surface area contributed by atoms with Crippen molar-refractivity contribution in [2.75, 3.05) is 7.11 Å². The summed E-state index contributed by atoms with van der Waals surface area (Å²) in [6, 6.07) is 6.64. The number of nitrogens with two attached hydrogens (primary N) is 1. The summed E-state index contributed by atoms with van der Waals surface area (Å²) < 4.78 is 4.90. The van der Waals surface area contributed by atoms with Crippen molar-refractivity contribution in [2.24, 2.45) is 5.73 Å². The average molecular weight is 152 g/mol. The predicted octanol–water partition coefficient (Wildman–Crippen LogP) is 0.794. The van der Waals surface area contributed by atoms with Gasteiger partial charge in [-0.25, -0.2) is 0 Å². The molecule has 0 radical (unpaired) electrons. The minimum Gasteiger partial charge on any atom is -0.497 e. The Bertz CT molecular complexity index is 253. The number of hydrogen-bond acceptors (Lipinski definition) is 2. The van der Waals surface area contributed by atoms with Gasteiger partial charge in [0.1, 0.15) is 5.75 Å². The molecule has 3 nitrogen and oxygen atoms in total. The molecule has 2 N–H and O–H groups in total. The average Bonchev–Trinajstić information content (AvgIpc) is 2.05. The van der Waals surface area contributed by atoms with Gasteiger partial charge in [0.05, 0.1) is 7.11 Å². The summed E-state index contributed by atoms with van der Waals surface area (Å²) in [5.74, 6) is 0.294. The lowest BCUT2D eigenvalue weighted by Gasteiger charge is -1.98. The molecule has 0 aliphatic carbocycles. The summed E-state index contributed by atoms with van der Waals surface area (Å²) in [5, 5.41) is 0. The maximum absolute atomic E-state index is 10.6. The van der Waals surface area contributed by atoms with Crippen LogP contribution in [-0.4, -0.2) is 13.0 Å². The third-order valence-corrected chi connectivity index (χ3v) is 1.37. The molecule has 0 atom stereocenters. The number of amides is 1. The molecule has 0 aliphatic rings. The van der Waals surface area contributed by atoms with E-state index >= 15 is 0 Å². The molecule has 0 heterocycles. The van der Waals surface area contributed by atoms with Gasteiger partial charge < -0.3 is 10.5 Å². The molecule has 0 aromatic heterocycles. The molecular formula is C8H9NO2. The minimum absolute atomic E-state index is 0.423. The largest absolute Gasteiger partial charge is 0.497 e. The first kappa shape index (κ1) is 7.60. The number of hydrogen-bond donors (Lipinski definition) is 1. The Balaban J connectivity index is 2.91. The molecule has 0 saturated heterocycles. The molecule has 0 aliphatic heterocycles. The van der Waals surface area contributed by atoms with Gasteiger partial charge in [-0.15, -0.1) is 0 Å². The van der Waals surface area contributed by atoms with E-state index < -0.39 is 5.91 Å². The van der Waals surface area contributed by atoms with Crippen molar-refractivity contribution >= 4 is 5.91 Å². The molecule has 0 fully saturated rings. The van der Waals surface area contributed by atoms with Crippen LogP contribution in [0.1, 0.15) is 10.4 Å². The Morgan fingerprint density at radius 1 is 1.36 bits per heavy atom. The number of ether oxygens (including phenoxy) is 1. The molecule has 1 aromatic carbocycles. The van der Waals surface area contributed by atoms with Gasteiger partial charge in [-0.1, -0.05) is 0 Å². The number of primary amides is 1. The SMILES string of the molecule is COc1ccc(C([15NH2])=O)cc1. The maximum Gasteiger partial charge on any atom is 0.248 e. The Morgan fingerprint density at radius 2 is 1.91 bits per heavy atom. The molecule has 3 heteroatoms. The smallest absolute Gasteiger partial charge is 0.248 e. The first-order chi connectivity index (χ1) is 5.24. The van der Waals surface area contributed by atoms with Gasteiger partial charge in [-0.3, -0.25) is 4.79 Å². The molecule has 0 unspecified atom stereocenters. The predicted molar refractivity (Wildman–Crippen MR) is 41.5 cm³/mol. The third kappa shape index (κ3) is 1.70. The van der Waals surface area contributed by atoms with Crippen molar-refractivity contribution in [1.29, 1.82) is 0 Å². The zero-order chi connectivity index (χ0) is 8.27. The summed E-state index contributed by atoms with van der Waals surface area (Å²) in [4.78, 5) is 10.6. The molecule has 1 rings (SSSR count). The minimum atomic E-state index is -0.423. The Kier molecular flexibility index (Phi) is 2.11. The van der Waals surface area contributed by atoms with Crippen molar-refractivity contribution in [2.45, 2.75) is 0 Å². The van der Waals surface area contributed by atoms with Crippen molar-refractivity contribution in [3.8, 4) is 5.75 Å². The van der Waals surface area contributed by atoms with E-state index in [9.17, 15) is 4.79 Å². The number of carbonyl (C=O) groups is 1. The quantitative estimate of drug-likeness (QED) is 0.637. The van der Waals surface area contributed by atoms with E-state index in [-0.39, 0.29) is 0 Å². The van der Waals surface area contributed by atoms with Crippen LogP contribution in [0.2, 0.25) is 0 Å². The lowest BCUT2D eigenvalue weighted by molar-refractivity contribution is 0.100. The number of methoxy groups -OCH3 is 1. The van der Waals surface area contributed by atoms with Crippen LogP contribution in [-0.2, 0) is 0 Å². The van der Waals surface area contributed by atoms with Crippen LogP contribution in [0.4, 0.5) is 0 Å². The molecule has 0 saturated carbocycles. The second-order valence-corrected chi connectivity index (χ2v) is 2.09. The maximum atomic E-state index is 10.6. The highest BCUT2D eigenvalue weighted by molar-refractivity contribution is 5.92. The van der Waals surface area contributed by atoms with Crippen LogP contribution in [0.3, 0.4) is 0 Å². The van der Waals surface area contributed by atoms with E-state index in [2.05, 4.69) is 0 Å². The second kappa shape index (κ2) is 3.05. The zero-order valence-electron chi connectivity index (χ0n) is 6.20. The summed E-state index contributed by atoms with van der Waals surface area (Å²) in [5.41, 5.74) is 5.52. The molecule has 58 valence electrons. The molecule has 0 spiro atoms. The van der Waals surface area contributed by atoms with Crippen LogP contribution in [0.5, 0.6) is 5.75 Å². The van der Waals surface area contributed by atoms with Crippen molar-refractivity contribution in [3.05, 3.63) is 29.8 Å². The molecule has 11 heavy (non-hydrogen) atoms. The molecule has 1 aromatic rings. The number of carbonyl (C=O) groups excluding carboxylic acids is 1. The number of benzene rings is 1. The number of rotatable bonds is 2.